The molecule has 2 fully saturated rings. The molecule has 0 bridgehead atoms. The molecule has 4 heteroatoms. The largest absolute Gasteiger partial charge is 0.341 e. The summed E-state index contributed by atoms with van der Waals surface area (Å²) in [4.78, 5) is 15.0. The normalized spacial score (nSPS) is 25.1. The van der Waals surface area contributed by atoms with Crippen LogP contribution in [0.4, 0.5) is 0 Å². The monoisotopic (exact) mass is 245 g/mol. The van der Waals surface area contributed by atoms with Crippen molar-refractivity contribution in [2.45, 2.75) is 37.5 Å². The second kappa shape index (κ2) is 5.87. The molecule has 0 saturated carbocycles. The summed E-state index contributed by atoms with van der Waals surface area (Å²) in [7, 11) is 0. The van der Waals surface area contributed by atoms with Gasteiger partial charge in [0.1, 0.15) is 5.38 Å². The Labute approximate surface area is 103 Å². The van der Waals surface area contributed by atoms with Crippen LogP contribution in [-0.2, 0) is 4.79 Å². The molecule has 0 aliphatic carbocycles. The molecule has 0 radical (unpaired) electrons. The number of likely N-dealkylation sites (tertiary alicyclic amines) is 2. The van der Waals surface area contributed by atoms with Gasteiger partial charge in [-0.15, -0.1) is 11.6 Å². The molecule has 2 rings (SSSR count). The maximum Gasteiger partial charge on any atom is 0.222 e. The number of nitrogens with zero attached hydrogens (tertiary/aromatic N) is 1. The lowest BCUT2D eigenvalue weighted by atomic mass is 10.1. The average molecular weight is 246 g/mol. The van der Waals surface area contributed by atoms with E-state index in [9.17, 15) is 4.79 Å². The van der Waals surface area contributed by atoms with Gasteiger partial charge in [-0.3, -0.25) is 4.79 Å². The third-order valence-electron chi connectivity index (χ3n) is 3.66. The molecule has 2 heterocycles. The van der Waals surface area contributed by atoms with Crippen molar-refractivity contribution in [2.24, 2.45) is 0 Å². The summed E-state index contributed by atoms with van der Waals surface area (Å²) in [5.74, 6) is 0.291. The number of halogens is 1. The van der Waals surface area contributed by atoms with E-state index in [0.29, 0.717) is 5.91 Å². The minimum absolute atomic E-state index is 0.134. The first-order valence-corrected chi connectivity index (χ1v) is 6.95. The van der Waals surface area contributed by atoms with Crippen LogP contribution in [0, 0.1) is 0 Å². The number of hydrogen-bond acceptors (Lipinski definition) is 1. The van der Waals surface area contributed by atoms with Crippen molar-refractivity contribution in [1.29, 1.82) is 0 Å². The lowest BCUT2D eigenvalue weighted by molar-refractivity contribution is -0.904. The quantitative estimate of drug-likeness (QED) is 0.708. The van der Waals surface area contributed by atoms with Gasteiger partial charge in [-0.25, -0.2) is 0 Å². The average Bonchev–Trinajstić information content (AvgIpc) is 2.66. The van der Waals surface area contributed by atoms with Crippen LogP contribution < -0.4 is 4.90 Å². The molecule has 3 nitrogen and oxygen atoms in total. The third-order valence-corrected chi connectivity index (χ3v) is 3.95. The summed E-state index contributed by atoms with van der Waals surface area (Å²) < 4.78 is 0. The molecular formula is C12H22ClN2O+. The maximum atomic E-state index is 11.5. The second-order valence-electron chi connectivity index (χ2n) is 5.06. The molecule has 1 atom stereocenters. The fourth-order valence-corrected chi connectivity index (χ4v) is 3.15. The Balaban J connectivity index is 1.70. The van der Waals surface area contributed by atoms with Crippen molar-refractivity contribution in [3.05, 3.63) is 0 Å². The molecule has 0 aromatic heterocycles. The standard InChI is InChI=1S/C12H21ClN2O/c13-11(9-14-6-2-1-3-7-14)10-15-8-4-5-12(15)16/h11H,1-10H2/p+1. The molecule has 1 unspecified atom stereocenters. The summed E-state index contributed by atoms with van der Waals surface area (Å²) in [6, 6.07) is 0. The van der Waals surface area contributed by atoms with Crippen LogP contribution in [0.3, 0.4) is 0 Å². The summed E-state index contributed by atoms with van der Waals surface area (Å²) >= 11 is 6.34. The van der Waals surface area contributed by atoms with Crippen LogP contribution in [0.1, 0.15) is 32.1 Å². The molecule has 2 saturated heterocycles. The van der Waals surface area contributed by atoms with Gasteiger partial charge in [-0.2, -0.15) is 0 Å². The first-order chi connectivity index (χ1) is 7.75. The number of rotatable bonds is 4. The van der Waals surface area contributed by atoms with E-state index in [1.165, 1.54) is 32.4 Å². The van der Waals surface area contributed by atoms with Gasteiger partial charge in [0.25, 0.3) is 0 Å². The van der Waals surface area contributed by atoms with Gasteiger partial charge in [0.2, 0.25) is 5.91 Å². The van der Waals surface area contributed by atoms with E-state index in [1.54, 1.807) is 4.90 Å². The fraction of sp³-hybridized carbons (Fsp3) is 0.917. The molecule has 1 N–H and O–H groups in total. The summed E-state index contributed by atoms with van der Waals surface area (Å²) in [5, 5.41) is 0.134. The predicted molar refractivity (Wildman–Crippen MR) is 64.9 cm³/mol. The Morgan fingerprint density at radius 3 is 2.62 bits per heavy atom. The number of hydrogen-bond donors (Lipinski definition) is 1. The summed E-state index contributed by atoms with van der Waals surface area (Å²) in [6.45, 7) is 5.21. The van der Waals surface area contributed by atoms with E-state index in [1.807, 2.05) is 4.90 Å². The predicted octanol–water partition coefficient (Wildman–Crippen LogP) is 0.285. The van der Waals surface area contributed by atoms with Crippen molar-refractivity contribution in [2.75, 3.05) is 32.7 Å². The second-order valence-corrected chi connectivity index (χ2v) is 5.67. The highest BCUT2D eigenvalue weighted by Crippen LogP contribution is 2.11. The third kappa shape index (κ3) is 3.36. The molecule has 1 amide bonds. The van der Waals surface area contributed by atoms with E-state index in [-0.39, 0.29) is 5.38 Å². The maximum absolute atomic E-state index is 11.5. The van der Waals surface area contributed by atoms with Crippen LogP contribution in [0.5, 0.6) is 0 Å². The van der Waals surface area contributed by atoms with Crippen LogP contribution in [0.25, 0.3) is 0 Å². The number of nitrogens with one attached hydrogen (secondary N) is 1. The van der Waals surface area contributed by atoms with Crippen molar-refractivity contribution in [3.63, 3.8) is 0 Å². The smallest absolute Gasteiger partial charge is 0.222 e. The fourth-order valence-electron chi connectivity index (χ4n) is 2.77. The first-order valence-electron chi connectivity index (χ1n) is 6.51. The Bertz CT molecular complexity index is 241. The molecule has 16 heavy (non-hydrogen) atoms. The summed E-state index contributed by atoms with van der Waals surface area (Å²) in [6.07, 6.45) is 5.78. The minimum atomic E-state index is 0.134. The van der Waals surface area contributed by atoms with Crippen LogP contribution in [-0.4, -0.2) is 48.9 Å². The molecule has 0 spiro atoms. The number of alkyl halides is 1. The lowest BCUT2D eigenvalue weighted by Crippen LogP contribution is -3.13. The van der Waals surface area contributed by atoms with Gasteiger partial charge < -0.3 is 9.80 Å². The number of quaternary nitrogens is 1. The minimum Gasteiger partial charge on any atom is -0.341 e. The van der Waals surface area contributed by atoms with Crippen LogP contribution in [0.15, 0.2) is 0 Å². The van der Waals surface area contributed by atoms with E-state index in [2.05, 4.69) is 0 Å². The highest BCUT2D eigenvalue weighted by atomic mass is 35.5. The first kappa shape index (κ1) is 12.2. The van der Waals surface area contributed by atoms with Crippen LogP contribution in [0.2, 0.25) is 0 Å². The van der Waals surface area contributed by atoms with E-state index >= 15 is 0 Å². The number of piperidine rings is 1. The van der Waals surface area contributed by atoms with Gasteiger partial charge in [-0.1, -0.05) is 0 Å². The van der Waals surface area contributed by atoms with Crippen molar-refractivity contribution in [1.82, 2.24) is 4.90 Å². The highest BCUT2D eigenvalue weighted by Gasteiger charge is 2.25. The highest BCUT2D eigenvalue weighted by molar-refractivity contribution is 6.21. The Morgan fingerprint density at radius 1 is 1.25 bits per heavy atom. The zero-order valence-corrected chi connectivity index (χ0v) is 10.6. The lowest BCUT2D eigenvalue weighted by Gasteiger charge is -2.27. The van der Waals surface area contributed by atoms with Gasteiger partial charge in [-0.05, 0) is 25.7 Å². The van der Waals surface area contributed by atoms with Crippen molar-refractivity contribution in [3.8, 4) is 0 Å². The Hall–Kier alpha value is -0.280. The van der Waals surface area contributed by atoms with Gasteiger partial charge in [0.05, 0.1) is 19.6 Å². The van der Waals surface area contributed by atoms with Gasteiger partial charge in [0, 0.05) is 19.5 Å². The zero-order chi connectivity index (χ0) is 11.4. The molecule has 2 aliphatic rings. The van der Waals surface area contributed by atoms with Gasteiger partial charge >= 0.3 is 0 Å². The van der Waals surface area contributed by atoms with Gasteiger partial charge in [0.15, 0.2) is 0 Å². The van der Waals surface area contributed by atoms with E-state index < -0.39 is 0 Å². The molecule has 0 aromatic rings. The van der Waals surface area contributed by atoms with Crippen molar-refractivity contribution >= 4 is 17.5 Å². The number of carbonyl (C=O) groups excluding carboxylic acids is 1. The Morgan fingerprint density at radius 2 is 2.00 bits per heavy atom. The molecule has 2 aliphatic heterocycles. The van der Waals surface area contributed by atoms with E-state index in [0.717, 1.165) is 32.5 Å². The summed E-state index contributed by atoms with van der Waals surface area (Å²) in [5.41, 5.74) is 0. The number of amides is 1. The molecule has 0 aromatic carbocycles. The topological polar surface area (TPSA) is 24.8 Å². The van der Waals surface area contributed by atoms with Crippen LogP contribution >= 0.6 is 11.6 Å². The Kier molecular flexibility index (Phi) is 4.47. The SMILES string of the molecule is O=C1CCCN1CC(Cl)C[NH+]1CCCCC1. The molecule has 92 valence electrons. The number of carbonyl (C=O) groups is 1. The molecular weight excluding hydrogens is 224 g/mol. The van der Waals surface area contributed by atoms with Crippen molar-refractivity contribution < 1.29 is 9.69 Å². The van der Waals surface area contributed by atoms with E-state index in [4.69, 9.17) is 11.6 Å². The zero-order valence-electron chi connectivity index (χ0n) is 9.88.